The Kier molecular flexibility index (Phi) is 4.22. The zero-order valence-electron chi connectivity index (χ0n) is 10.5. The molecular weight excluding hydrogens is 200 g/mol. The third kappa shape index (κ3) is 2.58. The molecule has 3 N–H and O–H groups in total. The van der Waals surface area contributed by atoms with E-state index in [0.29, 0.717) is 17.6 Å². The van der Waals surface area contributed by atoms with Gasteiger partial charge in [0.25, 0.3) is 0 Å². The van der Waals surface area contributed by atoms with Crippen LogP contribution >= 0.6 is 0 Å². The first kappa shape index (κ1) is 12.3. The van der Waals surface area contributed by atoms with E-state index in [-0.39, 0.29) is 0 Å². The molecule has 2 saturated carbocycles. The maximum atomic E-state index is 5.86. The Morgan fingerprint density at radius 3 is 2.69 bits per heavy atom. The highest BCUT2D eigenvalue weighted by Gasteiger charge is 2.35. The zero-order valence-corrected chi connectivity index (χ0v) is 10.5. The Bertz CT molecular complexity index is 210. The fourth-order valence-electron chi connectivity index (χ4n) is 3.20. The molecule has 0 amide bonds. The number of nitrogens with one attached hydrogen (secondary N) is 1. The topological polar surface area (TPSA) is 47.3 Å². The van der Waals surface area contributed by atoms with Crippen molar-refractivity contribution in [3.63, 3.8) is 0 Å². The summed E-state index contributed by atoms with van der Waals surface area (Å²) in [6.45, 7) is 1.98. The van der Waals surface area contributed by atoms with Gasteiger partial charge in [-0.3, -0.25) is 0 Å². The van der Waals surface area contributed by atoms with Gasteiger partial charge in [-0.1, -0.05) is 6.42 Å². The molecule has 2 rings (SSSR count). The number of methoxy groups -OCH3 is 1. The molecule has 2 aliphatic carbocycles. The normalized spacial score (nSPS) is 32.6. The summed E-state index contributed by atoms with van der Waals surface area (Å²) in [5.41, 5.74) is 6.34. The van der Waals surface area contributed by atoms with Crippen LogP contribution in [0.4, 0.5) is 0 Å². The van der Waals surface area contributed by atoms with Gasteiger partial charge in [-0.2, -0.15) is 0 Å². The minimum Gasteiger partial charge on any atom is -0.380 e. The molecule has 0 aliphatic heterocycles. The second kappa shape index (κ2) is 5.48. The van der Waals surface area contributed by atoms with Gasteiger partial charge in [0.1, 0.15) is 0 Å². The third-order valence-electron chi connectivity index (χ3n) is 4.66. The summed E-state index contributed by atoms with van der Waals surface area (Å²) in [5.74, 6) is 0. The molecule has 2 aliphatic rings. The highest BCUT2D eigenvalue weighted by Crippen LogP contribution is 2.42. The summed E-state index contributed by atoms with van der Waals surface area (Å²) in [6.07, 6.45) is 9.53. The average Bonchev–Trinajstić information content (AvgIpc) is 2.69. The number of ether oxygens (including phenoxy) is 1. The van der Waals surface area contributed by atoms with Crippen molar-refractivity contribution in [1.29, 1.82) is 0 Å². The molecule has 0 bridgehead atoms. The molecular formula is C13H26N2O. The van der Waals surface area contributed by atoms with Gasteiger partial charge in [-0.25, -0.2) is 0 Å². The van der Waals surface area contributed by atoms with Gasteiger partial charge in [0.2, 0.25) is 0 Å². The molecule has 3 heteroatoms. The molecule has 3 nitrogen and oxygen atoms in total. The SMILES string of the molecule is COC1CCCC1NCCC1(CN)CCC1. The minimum atomic E-state index is 0.440. The molecule has 16 heavy (non-hydrogen) atoms. The zero-order chi connectivity index (χ0) is 11.4. The van der Waals surface area contributed by atoms with Crippen LogP contribution in [0.15, 0.2) is 0 Å². The van der Waals surface area contributed by atoms with Crippen LogP contribution in [0, 0.1) is 5.41 Å². The van der Waals surface area contributed by atoms with E-state index in [1.807, 2.05) is 7.11 Å². The van der Waals surface area contributed by atoms with Crippen LogP contribution < -0.4 is 11.1 Å². The lowest BCUT2D eigenvalue weighted by molar-refractivity contribution is 0.0794. The van der Waals surface area contributed by atoms with Crippen LogP contribution in [0.3, 0.4) is 0 Å². The molecule has 0 aromatic heterocycles. The van der Waals surface area contributed by atoms with E-state index < -0.39 is 0 Å². The second-order valence-corrected chi connectivity index (χ2v) is 5.57. The van der Waals surface area contributed by atoms with Crippen molar-refractivity contribution in [3.05, 3.63) is 0 Å². The van der Waals surface area contributed by atoms with Crippen LogP contribution in [0.1, 0.15) is 44.9 Å². The second-order valence-electron chi connectivity index (χ2n) is 5.57. The predicted molar refractivity (Wildman–Crippen MR) is 66.4 cm³/mol. The predicted octanol–water partition coefficient (Wildman–Crippen LogP) is 1.66. The lowest BCUT2D eigenvalue weighted by atomic mass is 9.67. The van der Waals surface area contributed by atoms with Crippen molar-refractivity contribution < 1.29 is 4.74 Å². The lowest BCUT2D eigenvalue weighted by Gasteiger charge is -2.41. The van der Waals surface area contributed by atoms with E-state index >= 15 is 0 Å². The van der Waals surface area contributed by atoms with E-state index in [9.17, 15) is 0 Å². The fraction of sp³-hybridized carbons (Fsp3) is 1.00. The highest BCUT2D eigenvalue weighted by molar-refractivity contribution is 4.90. The van der Waals surface area contributed by atoms with Crippen molar-refractivity contribution in [2.75, 3.05) is 20.2 Å². The summed E-state index contributed by atoms with van der Waals surface area (Å²) < 4.78 is 5.49. The van der Waals surface area contributed by atoms with Crippen LogP contribution in [0.2, 0.25) is 0 Å². The van der Waals surface area contributed by atoms with E-state index in [4.69, 9.17) is 10.5 Å². The quantitative estimate of drug-likeness (QED) is 0.724. The van der Waals surface area contributed by atoms with Gasteiger partial charge in [-0.05, 0) is 57.0 Å². The monoisotopic (exact) mass is 226 g/mol. The number of rotatable bonds is 6. The number of nitrogens with two attached hydrogens (primary N) is 1. The Labute approximate surface area is 99.1 Å². The standard InChI is InChI=1S/C13H26N2O/c1-16-12-5-2-4-11(12)15-9-8-13(10-14)6-3-7-13/h11-12,15H,2-10,14H2,1H3. The first-order valence-corrected chi connectivity index (χ1v) is 6.76. The highest BCUT2D eigenvalue weighted by atomic mass is 16.5. The fourth-order valence-corrected chi connectivity index (χ4v) is 3.20. The molecule has 94 valence electrons. The van der Waals surface area contributed by atoms with Gasteiger partial charge in [-0.15, -0.1) is 0 Å². The molecule has 0 saturated heterocycles. The third-order valence-corrected chi connectivity index (χ3v) is 4.66. The summed E-state index contributed by atoms with van der Waals surface area (Å²) in [4.78, 5) is 0. The van der Waals surface area contributed by atoms with E-state index in [2.05, 4.69) is 5.32 Å². The maximum absolute atomic E-state index is 5.86. The Morgan fingerprint density at radius 1 is 1.31 bits per heavy atom. The van der Waals surface area contributed by atoms with Crippen molar-refractivity contribution in [3.8, 4) is 0 Å². The molecule has 0 aromatic rings. The molecule has 0 aromatic carbocycles. The number of hydrogen-bond donors (Lipinski definition) is 2. The smallest absolute Gasteiger partial charge is 0.0724 e. The minimum absolute atomic E-state index is 0.440. The molecule has 2 atom stereocenters. The van der Waals surface area contributed by atoms with Gasteiger partial charge in [0.05, 0.1) is 6.10 Å². The number of hydrogen-bond acceptors (Lipinski definition) is 3. The largest absolute Gasteiger partial charge is 0.380 e. The van der Waals surface area contributed by atoms with Gasteiger partial charge in [0.15, 0.2) is 0 Å². The Hall–Kier alpha value is -0.120. The van der Waals surface area contributed by atoms with Crippen molar-refractivity contribution in [2.45, 2.75) is 57.1 Å². The summed E-state index contributed by atoms with van der Waals surface area (Å²) in [5, 5.41) is 3.66. The summed E-state index contributed by atoms with van der Waals surface area (Å²) in [7, 11) is 1.83. The van der Waals surface area contributed by atoms with Gasteiger partial charge >= 0.3 is 0 Å². The molecule has 0 radical (unpaired) electrons. The van der Waals surface area contributed by atoms with Crippen molar-refractivity contribution >= 4 is 0 Å². The lowest BCUT2D eigenvalue weighted by Crippen LogP contribution is -2.43. The Morgan fingerprint density at radius 2 is 2.12 bits per heavy atom. The first-order chi connectivity index (χ1) is 7.79. The molecule has 0 heterocycles. The van der Waals surface area contributed by atoms with Crippen molar-refractivity contribution in [1.82, 2.24) is 5.32 Å². The molecule has 0 spiro atoms. The summed E-state index contributed by atoms with van der Waals surface area (Å²) in [6, 6.07) is 0.583. The average molecular weight is 226 g/mol. The van der Waals surface area contributed by atoms with Crippen LogP contribution in [0.25, 0.3) is 0 Å². The molecule has 2 fully saturated rings. The van der Waals surface area contributed by atoms with E-state index in [1.54, 1.807) is 0 Å². The van der Waals surface area contributed by atoms with Crippen molar-refractivity contribution in [2.24, 2.45) is 11.1 Å². The molecule has 2 unspecified atom stereocenters. The van der Waals surface area contributed by atoms with Gasteiger partial charge < -0.3 is 15.8 Å². The van der Waals surface area contributed by atoms with Gasteiger partial charge in [0, 0.05) is 13.2 Å². The maximum Gasteiger partial charge on any atom is 0.0724 e. The van der Waals surface area contributed by atoms with E-state index in [0.717, 1.165) is 13.1 Å². The van der Waals surface area contributed by atoms with Crippen LogP contribution in [-0.2, 0) is 4.74 Å². The van der Waals surface area contributed by atoms with Crippen LogP contribution in [-0.4, -0.2) is 32.3 Å². The van der Waals surface area contributed by atoms with E-state index in [1.165, 1.54) is 44.9 Å². The Balaban J connectivity index is 1.67. The summed E-state index contributed by atoms with van der Waals surface area (Å²) >= 11 is 0. The first-order valence-electron chi connectivity index (χ1n) is 6.76. The van der Waals surface area contributed by atoms with Crippen LogP contribution in [0.5, 0.6) is 0 Å².